The lowest BCUT2D eigenvalue weighted by Gasteiger charge is -2.18. The minimum absolute atomic E-state index is 0.211. The normalized spacial score (nSPS) is 10.5. The third-order valence-corrected chi connectivity index (χ3v) is 2.94. The third kappa shape index (κ3) is 3.76. The van der Waals surface area contributed by atoms with Gasteiger partial charge in [0.2, 0.25) is 0 Å². The first kappa shape index (κ1) is 13.5. The Bertz CT molecular complexity index is 525. The summed E-state index contributed by atoms with van der Waals surface area (Å²) in [4.78, 5) is 6.38. The van der Waals surface area contributed by atoms with E-state index in [0.29, 0.717) is 13.1 Å². The molecule has 0 amide bonds. The van der Waals surface area contributed by atoms with Crippen LogP contribution in [0.15, 0.2) is 42.6 Å². The maximum absolute atomic E-state index is 13.1. The lowest BCUT2D eigenvalue weighted by atomic mass is 10.2. The van der Waals surface area contributed by atoms with Crippen molar-refractivity contribution in [2.75, 3.05) is 18.5 Å². The van der Waals surface area contributed by atoms with Crippen LogP contribution in [0.1, 0.15) is 11.1 Å². The van der Waals surface area contributed by atoms with Crippen molar-refractivity contribution < 1.29 is 4.39 Å². The highest BCUT2D eigenvalue weighted by molar-refractivity contribution is 5.39. The summed E-state index contributed by atoms with van der Waals surface area (Å²) < 4.78 is 13.1. The van der Waals surface area contributed by atoms with Crippen LogP contribution in [-0.2, 0) is 13.0 Å². The number of hydrogen-bond donors (Lipinski definition) is 1. The number of nitrogens with two attached hydrogens (primary N) is 1. The van der Waals surface area contributed by atoms with E-state index in [0.717, 1.165) is 23.4 Å². The SMILES string of the molecule is CN(Cc1cccc(F)c1)c1ccc(CCN)cn1. The highest BCUT2D eigenvalue weighted by Gasteiger charge is 2.04. The zero-order chi connectivity index (χ0) is 13.7. The first-order chi connectivity index (χ1) is 9.19. The highest BCUT2D eigenvalue weighted by atomic mass is 19.1. The standard InChI is InChI=1S/C15H18FN3/c1-19(11-13-3-2-4-14(16)9-13)15-6-5-12(7-8-17)10-18-15/h2-6,9-10H,7-8,11,17H2,1H3. The Morgan fingerprint density at radius 3 is 2.68 bits per heavy atom. The van der Waals surface area contributed by atoms with Gasteiger partial charge in [0.05, 0.1) is 0 Å². The zero-order valence-corrected chi connectivity index (χ0v) is 11.0. The van der Waals surface area contributed by atoms with E-state index in [9.17, 15) is 4.39 Å². The van der Waals surface area contributed by atoms with Gasteiger partial charge in [0.25, 0.3) is 0 Å². The van der Waals surface area contributed by atoms with Gasteiger partial charge in [-0.3, -0.25) is 0 Å². The van der Waals surface area contributed by atoms with Crippen LogP contribution in [0.4, 0.5) is 10.2 Å². The molecule has 100 valence electrons. The average Bonchev–Trinajstić information content (AvgIpc) is 2.40. The molecule has 0 unspecified atom stereocenters. The van der Waals surface area contributed by atoms with Gasteiger partial charge in [-0.15, -0.1) is 0 Å². The molecule has 0 radical (unpaired) electrons. The second-order valence-corrected chi connectivity index (χ2v) is 4.55. The second-order valence-electron chi connectivity index (χ2n) is 4.55. The van der Waals surface area contributed by atoms with E-state index >= 15 is 0 Å². The topological polar surface area (TPSA) is 42.1 Å². The summed E-state index contributed by atoms with van der Waals surface area (Å²) in [7, 11) is 1.94. The number of hydrogen-bond acceptors (Lipinski definition) is 3. The Labute approximate surface area is 112 Å². The van der Waals surface area contributed by atoms with Crippen LogP contribution in [0.3, 0.4) is 0 Å². The van der Waals surface area contributed by atoms with Crippen molar-refractivity contribution in [1.29, 1.82) is 0 Å². The molecule has 1 aromatic heterocycles. The van der Waals surface area contributed by atoms with Crippen molar-refractivity contribution in [2.24, 2.45) is 5.73 Å². The van der Waals surface area contributed by atoms with Crippen LogP contribution in [0.25, 0.3) is 0 Å². The van der Waals surface area contributed by atoms with Crippen molar-refractivity contribution in [1.82, 2.24) is 4.98 Å². The van der Waals surface area contributed by atoms with E-state index in [1.54, 1.807) is 12.1 Å². The number of rotatable bonds is 5. The van der Waals surface area contributed by atoms with Crippen molar-refractivity contribution >= 4 is 5.82 Å². The van der Waals surface area contributed by atoms with Crippen molar-refractivity contribution in [3.05, 3.63) is 59.5 Å². The van der Waals surface area contributed by atoms with Gasteiger partial charge in [0.15, 0.2) is 0 Å². The summed E-state index contributed by atoms with van der Waals surface area (Å²) in [6.45, 7) is 1.25. The van der Waals surface area contributed by atoms with Crippen molar-refractivity contribution in [3.63, 3.8) is 0 Å². The second kappa shape index (κ2) is 6.29. The van der Waals surface area contributed by atoms with Crippen LogP contribution >= 0.6 is 0 Å². The Balaban J connectivity index is 2.05. The molecule has 0 saturated carbocycles. The summed E-state index contributed by atoms with van der Waals surface area (Å²) in [6.07, 6.45) is 2.67. The first-order valence-corrected chi connectivity index (χ1v) is 6.29. The molecular weight excluding hydrogens is 241 g/mol. The molecule has 4 heteroatoms. The van der Waals surface area contributed by atoms with Gasteiger partial charge in [-0.25, -0.2) is 9.37 Å². The smallest absolute Gasteiger partial charge is 0.128 e. The fourth-order valence-corrected chi connectivity index (χ4v) is 1.95. The molecule has 1 heterocycles. The number of halogens is 1. The molecule has 0 aliphatic carbocycles. The van der Waals surface area contributed by atoms with Gasteiger partial charge in [0.1, 0.15) is 11.6 Å². The molecule has 1 aromatic carbocycles. The van der Waals surface area contributed by atoms with Gasteiger partial charge >= 0.3 is 0 Å². The van der Waals surface area contributed by atoms with Crippen LogP contribution in [-0.4, -0.2) is 18.6 Å². The maximum atomic E-state index is 13.1. The van der Waals surface area contributed by atoms with E-state index in [2.05, 4.69) is 4.98 Å². The molecule has 0 bridgehead atoms. The Morgan fingerprint density at radius 1 is 1.21 bits per heavy atom. The highest BCUT2D eigenvalue weighted by Crippen LogP contribution is 2.14. The molecule has 0 aliphatic rings. The Kier molecular flexibility index (Phi) is 4.47. The molecular formula is C15H18FN3. The Morgan fingerprint density at radius 2 is 2.05 bits per heavy atom. The van der Waals surface area contributed by atoms with Gasteiger partial charge in [-0.05, 0) is 42.3 Å². The summed E-state index contributed by atoms with van der Waals surface area (Å²) in [5.41, 5.74) is 7.56. The fraction of sp³-hybridized carbons (Fsp3) is 0.267. The molecule has 0 atom stereocenters. The fourth-order valence-electron chi connectivity index (χ4n) is 1.95. The largest absolute Gasteiger partial charge is 0.355 e. The lowest BCUT2D eigenvalue weighted by molar-refractivity contribution is 0.625. The summed E-state index contributed by atoms with van der Waals surface area (Å²) in [6, 6.07) is 10.6. The van der Waals surface area contributed by atoms with Gasteiger partial charge in [-0.2, -0.15) is 0 Å². The number of aromatic nitrogens is 1. The van der Waals surface area contributed by atoms with Crippen LogP contribution < -0.4 is 10.6 Å². The Hall–Kier alpha value is -1.94. The predicted molar refractivity (Wildman–Crippen MR) is 75.5 cm³/mol. The molecule has 2 aromatic rings. The molecule has 0 spiro atoms. The van der Waals surface area contributed by atoms with Gasteiger partial charge in [0, 0.05) is 19.8 Å². The van der Waals surface area contributed by atoms with E-state index in [4.69, 9.17) is 5.73 Å². The van der Waals surface area contributed by atoms with Crippen LogP contribution in [0.2, 0.25) is 0 Å². The quantitative estimate of drug-likeness (QED) is 0.896. The van der Waals surface area contributed by atoms with Crippen LogP contribution in [0.5, 0.6) is 0 Å². The van der Waals surface area contributed by atoms with E-state index < -0.39 is 0 Å². The van der Waals surface area contributed by atoms with Crippen LogP contribution in [0, 0.1) is 5.82 Å². The maximum Gasteiger partial charge on any atom is 0.128 e. The zero-order valence-electron chi connectivity index (χ0n) is 11.0. The van der Waals surface area contributed by atoms with E-state index in [-0.39, 0.29) is 5.82 Å². The van der Waals surface area contributed by atoms with E-state index in [1.807, 2.05) is 36.3 Å². The van der Waals surface area contributed by atoms with Gasteiger partial charge < -0.3 is 10.6 Å². The molecule has 0 aliphatic heterocycles. The monoisotopic (exact) mass is 259 g/mol. The lowest BCUT2D eigenvalue weighted by Crippen LogP contribution is -2.17. The van der Waals surface area contributed by atoms with Crippen molar-refractivity contribution in [3.8, 4) is 0 Å². The number of nitrogens with zero attached hydrogens (tertiary/aromatic N) is 2. The first-order valence-electron chi connectivity index (χ1n) is 6.29. The number of benzene rings is 1. The third-order valence-electron chi connectivity index (χ3n) is 2.94. The predicted octanol–water partition coefficient (Wildman–Crippen LogP) is 2.36. The van der Waals surface area contributed by atoms with Crippen molar-refractivity contribution in [2.45, 2.75) is 13.0 Å². The molecule has 0 fully saturated rings. The molecule has 3 nitrogen and oxygen atoms in total. The average molecular weight is 259 g/mol. The molecule has 2 rings (SSSR count). The summed E-state index contributed by atoms with van der Waals surface area (Å²) in [5, 5.41) is 0. The minimum atomic E-state index is -0.211. The number of anilines is 1. The molecule has 2 N–H and O–H groups in total. The minimum Gasteiger partial charge on any atom is -0.355 e. The molecule has 19 heavy (non-hydrogen) atoms. The van der Waals surface area contributed by atoms with E-state index in [1.165, 1.54) is 6.07 Å². The molecule has 0 saturated heterocycles. The van der Waals surface area contributed by atoms with Gasteiger partial charge in [-0.1, -0.05) is 18.2 Å². The number of pyridine rings is 1. The summed E-state index contributed by atoms with van der Waals surface area (Å²) >= 11 is 0. The summed E-state index contributed by atoms with van der Waals surface area (Å²) in [5.74, 6) is 0.655.